The lowest BCUT2D eigenvalue weighted by molar-refractivity contribution is 0.0887. The molecule has 1 aromatic heterocycles. The van der Waals surface area contributed by atoms with Gasteiger partial charge in [-0.3, -0.25) is 14.5 Å². The van der Waals surface area contributed by atoms with Crippen LogP contribution in [0.4, 0.5) is 0 Å². The number of H-pyrrole nitrogens is 1. The number of hydrogen-bond acceptors (Lipinski definition) is 4. The Morgan fingerprint density at radius 2 is 1.88 bits per heavy atom. The van der Waals surface area contributed by atoms with E-state index in [4.69, 9.17) is 11.6 Å². The first-order chi connectivity index (χ1) is 15.3. The van der Waals surface area contributed by atoms with Crippen LogP contribution in [0.2, 0.25) is 5.02 Å². The van der Waals surface area contributed by atoms with Crippen LogP contribution in [0.1, 0.15) is 45.2 Å². The lowest BCUT2D eigenvalue weighted by Gasteiger charge is -2.24. The SMILES string of the molecule is CCC(NC(=O)c1cccc(C2=NC(=O)c3c(-c4cccc(Cl)c4)[nH]c(O)c32)c1)N(C)C. The lowest BCUT2D eigenvalue weighted by Crippen LogP contribution is -2.44. The van der Waals surface area contributed by atoms with Crippen LogP contribution in [-0.2, 0) is 0 Å². The predicted octanol–water partition coefficient (Wildman–Crippen LogP) is 4.06. The van der Waals surface area contributed by atoms with Gasteiger partial charge in [-0.15, -0.1) is 0 Å². The highest BCUT2D eigenvalue weighted by Crippen LogP contribution is 2.38. The molecule has 2 aromatic carbocycles. The van der Waals surface area contributed by atoms with Gasteiger partial charge in [0.25, 0.3) is 11.8 Å². The van der Waals surface area contributed by atoms with Crippen LogP contribution in [-0.4, -0.2) is 52.8 Å². The molecule has 1 aliphatic rings. The molecule has 0 saturated heterocycles. The van der Waals surface area contributed by atoms with Crippen LogP contribution in [0, 0.1) is 0 Å². The van der Waals surface area contributed by atoms with E-state index in [2.05, 4.69) is 15.3 Å². The van der Waals surface area contributed by atoms with E-state index in [1.165, 1.54) is 0 Å². The molecule has 1 aliphatic heterocycles. The van der Waals surface area contributed by atoms with E-state index < -0.39 is 5.91 Å². The van der Waals surface area contributed by atoms with Gasteiger partial charge in [-0.25, -0.2) is 4.99 Å². The van der Waals surface area contributed by atoms with Crippen LogP contribution in [0.5, 0.6) is 5.88 Å². The topological polar surface area (TPSA) is 97.8 Å². The molecule has 1 atom stereocenters. The van der Waals surface area contributed by atoms with Crippen LogP contribution >= 0.6 is 11.6 Å². The number of carbonyl (C=O) groups excluding carboxylic acids is 2. The van der Waals surface area contributed by atoms with E-state index in [0.29, 0.717) is 38.7 Å². The number of amides is 2. The summed E-state index contributed by atoms with van der Waals surface area (Å²) < 4.78 is 0. The third-order valence-corrected chi connectivity index (χ3v) is 5.70. The van der Waals surface area contributed by atoms with Crippen molar-refractivity contribution in [3.63, 3.8) is 0 Å². The largest absolute Gasteiger partial charge is 0.494 e. The quantitative estimate of drug-likeness (QED) is 0.493. The van der Waals surface area contributed by atoms with Gasteiger partial charge in [0.1, 0.15) is 0 Å². The summed E-state index contributed by atoms with van der Waals surface area (Å²) in [6.07, 6.45) is 0.657. The Bertz CT molecular complexity index is 1250. The smallest absolute Gasteiger partial charge is 0.280 e. The molecule has 0 fully saturated rings. The van der Waals surface area contributed by atoms with E-state index in [9.17, 15) is 14.7 Å². The van der Waals surface area contributed by atoms with Crippen LogP contribution in [0.15, 0.2) is 53.5 Å². The van der Waals surface area contributed by atoms with Gasteiger partial charge in [0, 0.05) is 21.7 Å². The number of aromatic amines is 1. The maximum Gasteiger partial charge on any atom is 0.280 e. The van der Waals surface area contributed by atoms with Gasteiger partial charge in [0.2, 0.25) is 0 Å². The summed E-state index contributed by atoms with van der Waals surface area (Å²) in [5.41, 5.74) is 3.05. The van der Waals surface area contributed by atoms with Crippen LogP contribution in [0.25, 0.3) is 11.3 Å². The first-order valence-corrected chi connectivity index (χ1v) is 10.6. The van der Waals surface area contributed by atoms with Gasteiger partial charge in [-0.2, -0.15) is 0 Å². The second-order valence-corrected chi connectivity index (χ2v) is 8.25. The van der Waals surface area contributed by atoms with Crippen molar-refractivity contribution < 1.29 is 14.7 Å². The highest BCUT2D eigenvalue weighted by Gasteiger charge is 2.33. The van der Waals surface area contributed by atoms with Gasteiger partial charge in [-0.05, 0) is 44.8 Å². The van der Waals surface area contributed by atoms with Gasteiger partial charge in [-0.1, -0.05) is 42.8 Å². The number of carbonyl (C=O) groups is 2. The van der Waals surface area contributed by atoms with E-state index in [-0.39, 0.29) is 23.5 Å². The summed E-state index contributed by atoms with van der Waals surface area (Å²) >= 11 is 6.10. The molecule has 0 aliphatic carbocycles. The zero-order valence-corrected chi connectivity index (χ0v) is 18.7. The highest BCUT2D eigenvalue weighted by molar-refractivity contribution is 6.32. The number of aromatic hydroxyl groups is 1. The summed E-state index contributed by atoms with van der Waals surface area (Å²) in [7, 11) is 3.80. The highest BCUT2D eigenvalue weighted by atomic mass is 35.5. The Hall–Kier alpha value is -3.42. The number of halogens is 1. The number of aromatic nitrogens is 1. The van der Waals surface area contributed by atoms with Crippen molar-refractivity contribution in [2.45, 2.75) is 19.5 Å². The van der Waals surface area contributed by atoms with Crippen molar-refractivity contribution in [1.29, 1.82) is 0 Å². The molecule has 3 aromatic rings. The fraction of sp³-hybridized carbons (Fsp3) is 0.208. The van der Waals surface area contributed by atoms with Gasteiger partial charge < -0.3 is 15.4 Å². The molecule has 1 unspecified atom stereocenters. The van der Waals surface area contributed by atoms with Crippen LogP contribution in [0.3, 0.4) is 0 Å². The molecule has 0 radical (unpaired) electrons. The second-order valence-electron chi connectivity index (χ2n) is 7.82. The minimum atomic E-state index is -0.463. The van der Waals surface area contributed by atoms with Crippen molar-refractivity contribution in [1.82, 2.24) is 15.2 Å². The number of nitrogens with one attached hydrogen (secondary N) is 2. The Labute approximate surface area is 190 Å². The minimum absolute atomic E-state index is 0.0999. The van der Waals surface area contributed by atoms with E-state index in [1.807, 2.05) is 25.9 Å². The summed E-state index contributed by atoms with van der Waals surface area (Å²) in [5.74, 6) is -0.849. The van der Waals surface area contributed by atoms with Gasteiger partial charge in [0.05, 0.1) is 28.7 Å². The molecule has 0 saturated carbocycles. The number of fused-ring (bicyclic) bond motifs is 1. The molecule has 8 heteroatoms. The van der Waals surface area contributed by atoms with Crippen molar-refractivity contribution in [3.8, 4) is 17.1 Å². The first kappa shape index (κ1) is 21.8. The summed E-state index contributed by atoms with van der Waals surface area (Å²) in [4.78, 5) is 34.6. The third kappa shape index (κ3) is 3.92. The zero-order chi connectivity index (χ0) is 23.0. The second kappa shape index (κ2) is 8.61. The van der Waals surface area contributed by atoms with Crippen molar-refractivity contribution in [2.75, 3.05) is 14.1 Å². The standard InChI is InChI=1S/C24H23ClN4O3/c1-4-17(29(2)3)26-22(30)15-9-5-7-13(11-15)20-18-19(24(32)27-20)21(28-23(18)31)14-8-6-10-16(25)12-14/h5-12,17,28,31H,4H2,1-3H3,(H,26,30). The average Bonchev–Trinajstić information content (AvgIpc) is 3.30. The zero-order valence-electron chi connectivity index (χ0n) is 17.9. The molecular formula is C24H23ClN4O3. The fourth-order valence-electron chi connectivity index (χ4n) is 3.85. The average molecular weight is 451 g/mol. The Kier molecular flexibility index (Phi) is 5.86. The van der Waals surface area contributed by atoms with Gasteiger partial charge >= 0.3 is 0 Å². The molecular weight excluding hydrogens is 428 g/mol. The Balaban J connectivity index is 1.71. The number of benzene rings is 2. The van der Waals surface area contributed by atoms with Gasteiger partial charge in [0.15, 0.2) is 5.88 Å². The molecule has 2 amide bonds. The van der Waals surface area contributed by atoms with Crippen molar-refractivity contribution in [2.24, 2.45) is 4.99 Å². The maximum absolute atomic E-state index is 12.8. The summed E-state index contributed by atoms with van der Waals surface area (Å²) in [6, 6.07) is 13.9. The molecule has 0 bridgehead atoms. The molecule has 7 nitrogen and oxygen atoms in total. The van der Waals surface area contributed by atoms with Crippen molar-refractivity contribution in [3.05, 3.63) is 75.8 Å². The van der Waals surface area contributed by atoms with Crippen molar-refractivity contribution >= 4 is 29.1 Å². The molecule has 2 heterocycles. The lowest BCUT2D eigenvalue weighted by atomic mass is 9.99. The number of nitrogens with zero attached hydrogens (tertiary/aromatic N) is 2. The number of rotatable bonds is 6. The summed E-state index contributed by atoms with van der Waals surface area (Å²) in [5, 5.41) is 14.1. The number of hydrogen-bond donors (Lipinski definition) is 3. The fourth-order valence-corrected chi connectivity index (χ4v) is 4.04. The molecule has 4 rings (SSSR count). The molecule has 0 spiro atoms. The van der Waals surface area contributed by atoms with E-state index >= 15 is 0 Å². The first-order valence-electron chi connectivity index (χ1n) is 10.2. The van der Waals surface area contributed by atoms with E-state index in [1.54, 1.807) is 48.5 Å². The molecule has 32 heavy (non-hydrogen) atoms. The van der Waals surface area contributed by atoms with E-state index in [0.717, 1.165) is 6.42 Å². The summed E-state index contributed by atoms with van der Waals surface area (Å²) in [6.45, 7) is 1.99. The molecule has 164 valence electrons. The minimum Gasteiger partial charge on any atom is -0.494 e. The monoisotopic (exact) mass is 450 g/mol. The normalized spacial score (nSPS) is 13.8. The third-order valence-electron chi connectivity index (χ3n) is 5.46. The number of aliphatic imine (C=N–C) groups is 1. The Morgan fingerprint density at radius 3 is 2.56 bits per heavy atom. The molecule has 3 N–H and O–H groups in total. The maximum atomic E-state index is 12.8. The Morgan fingerprint density at radius 1 is 1.16 bits per heavy atom. The predicted molar refractivity (Wildman–Crippen MR) is 125 cm³/mol. The van der Waals surface area contributed by atoms with Crippen LogP contribution < -0.4 is 5.32 Å².